The maximum atomic E-state index is 12.1. The van der Waals surface area contributed by atoms with Crippen molar-refractivity contribution in [2.75, 3.05) is 13.2 Å². The van der Waals surface area contributed by atoms with Gasteiger partial charge >= 0.3 is 0 Å². The van der Waals surface area contributed by atoms with E-state index >= 15 is 0 Å². The maximum Gasteiger partial charge on any atom is 0.271 e. The molecule has 3 rings (SSSR count). The average Bonchev–Trinajstić information content (AvgIpc) is 2.99. The molecule has 7 nitrogen and oxygen atoms in total. The molecule has 116 valence electrons. The summed E-state index contributed by atoms with van der Waals surface area (Å²) in [4.78, 5) is 24.4. The van der Waals surface area contributed by atoms with Crippen LogP contribution in [-0.4, -0.2) is 38.6 Å². The van der Waals surface area contributed by atoms with Crippen LogP contribution in [0.4, 0.5) is 0 Å². The molecule has 3 heterocycles. The molecule has 1 fully saturated rings. The van der Waals surface area contributed by atoms with Gasteiger partial charge in [0.15, 0.2) is 0 Å². The van der Waals surface area contributed by atoms with Gasteiger partial charge in [-0.3, -0.25) is 9.78 Å². The van der Waals surface area contributed by atoms with Crippen molar-refractivity contribution in [1.82, 2.24) is 24.8 Å². The van der Waals surface area contributed by atoms with E-state index in [1.54, 1.807) is 12.4 Å². The highest BCUT2D eigenvalue weighted by molar-refractivity contribution is 5.91. The Kier molecular flexibility index (Phi) is 4.43. The standard InChI is InChI=1S/C15H19N5O2/c1-20-7-6-18-14(20)13-11(3-2-8-22-13)9-19-15(21)12-10-16-4-5-17-12/h4-7,10-11,13H,2-3,8-9H2,1H3,(H,19,21)/t11-,13+/m0/s1. The third-order valence-corrected chi connectivity index (χ3v) is 3.88. The average molecular weight is 301 g/mol. The summed E-state index contributed by atoms with van der Waals surface area (Å²) < 4.78 is 7.86. The summed E-state index contributed by atoms with van der Waals surface area (Å²) in [6.45, 7) is 1.26. The lowest BCUT2D eigenvalue weighted by molar-refractivity contribution is -0.0337. The molecule has 2 atom stereocenters. The van der Waals surface area contributed by atoms with E-state index in [0.717, 1.165) is 25.3 Å². The quantitative estimate of drug-likeness (QED) is 0.914. The van der Waals surface area contributed by atoms with Crippen LogP contribution in [0, 0.1) is 5.92 Å². The number of hydrogen-bond donors (Lipinski definition) is 1. The first-order valence-corrected chi connectivity index (χ1v) is 7.38. The summed E-state index contributed by atoms with van der Waals surface area (Å²) in [6.07, 6.45) is 10.1. The van der Waals surface area contributed by atoms with E-state index in [4.69, 9.17) is 4.74 Å². The minimum absolute atomic E-state index is 0.0871. The Balaban J connectivity index is 1.65. The summed E-state index contributed by atoms with van der Waals surface area (Å²) in [7, 11) is 1.95. The third kappa shape index (κ3) is 3.14. The predicted molar refractivity (Wildman–Crippen MR) is 79.0 cm³/mol. The third-order valence-electron chi connectivity index (χ3n) is 3.88. The van der Waals surface area contributed by atoms with E-state index in [-0.39, 0.29) is 17.9 Å². The zero-order chi connectivity index (χ0) is 15.4. The first kappa shape index (κ1) is 14.6. The lowest BCUT2D eigenvalue weighted by Gasteiger charge is -2.31. The molecule has 0 aliphatic carbocycles. The van der Waals surface area contributed by atoms with Crippen LogP contribution in [-0.2, 0) is 11.8 Å². The van der Waals surface area contributed by atoms with Crippen molar-refractivity contribution >= 4 is 5.91 Å². The van der Waals surface area contributed by atoms with Gasteiger partial charge in [-0.05, 0) is 12.8 Å². The number of aryl methyl sites for hydroxylation is 1. The van der Waals surface area contributed by atoms with Gasteiger partial charge in [0.25, 0.3) is 5.91 Å². The lowest BCUT2D eigenvalue weighted by atomic mass is 9.93. The predicted octanol–water partition coefficient (Wildman–Crippen LogP) is 1.11. The highest BCUT2D eigenvalue weighted by Crippen LogP contribution is 2.32. The van der Waals surface area contributed by atoms with Gasteiger partial charge in [-0.2, -0.15) is 0 Å². The molecule has 0 spiro atoms. The number of carbonyl (C=O) groups excluding carboxylic acids is 1. The van der Waals surface area contributed by atoms with Gasteiger partial charge in [0, 0.05) is 50.9 Å². The summed E-state index contributed by atoms with van der Waals surface area (Å²) in [5.41, 5.74) is 0.327. The van der Waals surface area contributed by atoms with Crippen molar-refractivity contribution in [1.29, 1.82) is 0 Å². The minimum atomic E-state index is -0.211. The van der Waals surface area contributed by atoms with E-state index in [1.165, 1.54) is 12.4 Å². The van der Waals surface area contributed by atoms with Crippen LogP contribution in [0.15, 0.2) is 31.0 Å². The first-order chi connectivity index (χ1) is 10.8. The Morgan fingerprint density at radius 3 is 3.05 bits per heavy atom. The molecule has 0 aromatic carbocycles. The zero-order valence-electron chi connectivity index (χ0n) is 12.5. The largest absolute Gasteiger partial charge is 0.370 e. The van der Waals surface area contributed by atoms with Crippen molar-refractivity contribution in [3.63, 3.8) is 0 Å². The Morgan fingerprint density at radius 2 is 2.32 bits per heavy atom. The molecule has 22 heavy (non-hydrogen) atoms. The number of amides is 1. The number of aromatic nitrogens is 4. The highest BCUT2D eigenvalue weighted by atomic mass is 16.5. The van der Waals surface area contributed by atoms with E-state index in [0.29, 0.717) is 12.2 Å². The molecular weight excluding hydrogens is 282 g/mol. The van der Waals surface area contributed by atoms with Gasteiger partial charge in [-0.15, -0.1) is 0 Å². The molecule has 1 amide bonds. The van der Waals surface area contributed by atoms with Crippen molar-refractivity contribution < 1.29 is 9.53 Å². The lowest BCUT2D eigenvalue weighted by Crippen LogP contribution is -2.36. The second-order valence-corrected chi connectivity index (χ2v) is 5.39. The van der Waals surface area contributed by atoms with Crippen molar-refractivity contribution in [2.45, 2.75) is 18.9 Å². The fraction of sp³-hybridized carbons (Fsp3) is 0.467. The van der Waals surface area contributed by atoms with Gasteiger partial charge in [0.1, 0.15) is 17.6 Å². The highest BCUT2D eigenvalue weighted by Gasteiger charge is 2.30. The smallest absolute Gasteiger partial charge is 0.271 e. The second-order valence-electron chi connectivity index (χ2n) is 5.39. The van der Waals surface area contributed by atoms with Gasteiger partial charge in [0.05, 0.1) is 6.20 Å². The Bertz CT molecular complexity index is 628. The molecule has 1 aliphatic rings. The first-order valence-electron chi connectivity index (χ1n) is 7.38. The van der Waals surface area contributed by atoms with Crippen LogP contribution in [0.25, 0.3) is 0 Å². The summed E-state index contributed by atoms with van der Waals surface area (Å²) in [5.74, 6) is 0.895. The van der Waals surface area contributed by atoms with Crippen molar-refractivity contribution in [2.24, 2.45) is 13.0 Å². The number of nitrogens with zero attached hydrogens (tertiary/aromatic N) is 4. The Morgan fingerprint density at radius 1 is 1.41 bits per heavy atom. The number of nitrogens with one attached hydrogen (secondary N) is 1. The minimum Gasteiger partial charge on any atom is -0.370 e. The van der Waals surface area contributed by atoms with E-state index in [9.17, 15) is 4.79 Å². The Labute approximate surface area is 128 Å². The second kappa shape index (κ2) is 6.65. The number of rotatable bonds is 4. The molecule has 0 radical (unpaired) electrons. The summed E-state index contributed by atoms with van der Waals surface area (Å²) >= 11 is 0. The van der Waals surface area contributed by atoms with Gasteiger partial charge in [-0.25, -0.2) is 9.97 Å². The molecule has 7 heteroatoms. The number of imidazole rings is 1. The van der Waals surface area contributed by atoms with Gasteiger partial charge < -0.3 is 14.6 Å². The molecule has 0 bridgehead atoms. The monoisotopic (exact) mass is 301 g/mol. The molecule has 1 saturated heterocycles. The van der Waals surface area contributed by atoms with Crippen molar-refractivity contribution in [3.8, 4) is 0 Å². The number of hydrogen-bond acceptors (Lipinski definition) is 5. The number of ether oxygens (including phenoxy) is 1. The Hall–Kier alpha value is -2.28. The number of carbonyl (C=O) groups is 1. The molecule has 0 saturated carbocycles. The molecule has 0 unspecified atom stereocenters. The topological polar surface area (TPSA) is 81.9 Å². The fourth-order valence-corrected chi connectivity index (χ4v) is 2.72. The molecule has 2 aromatic rings. The zero-order valence-corrected chi connectivity index (χ0v) is 12.5. The summed E-state index contributed by atoms with van der Waals surface area (Å²) in [5, 5.41) is 2.92. The van der Waals surface area contributed by atoms with Crippen LogP contribution in [0.2, 0.25) is 0 Å². The van der Waals surface area contributed by atoms with Gasteiger partial charge in [0.2, 0.25) is 0 Å². The molecule has 1 N–H and O–H groups in total. The van der Waals surface area contributed by atoms with Gasteiger partial charge in [-0.1, -0.05) is 0 Å². The molecule has 1 aliphatic heterocycles. The normalized spacial score (nSPS) is 21.5. The molecule has 2 aromatic heterocycles. The SMILES string of the molecule is Cn1ccnc1[C@@H]1OCCC[C@H]1CNC(=O)c1cnccn1. The maximum absolute atomic E-state index is 12.1. The van der Waals surface area contributed by atoms with E-state index in [1.807, 2.05) is 17.8 Å². The van der Waals surface area contributed by atoms with Crippen LogP contribution in [0.3, 0.4) is 0 Å². The van der Waals surface area contributed by atoms with E-state index < -0.39 is 0 Å². The van der Waals surface area contributed by atoms with Crippen LogP contribution in [0.5, 0.6) is 0 Å². The summed E-state index contributed by atoms with van der Waals surface area (Å²) in [6, 6.07) is 0. The van der Waals surface area contributed by atoms with Crippen LogP contribution >= 0.6 is 0 Å². The van der Waals surface area contributed by atoms with Crippen LogP contribution < -0.4 is 5.32 Å². The van der Waals surface area contributed by atoms with E-state index in [2.05, 4.69) is 20.3 Å². The molecular formula is C15H19N5O2. The van der Waals surface area contributed by atoms with Crippen LogP contribution in [0.1, 0.15) is 35.3 Å². The fourth-order valence-electron chi connectivity index (χ4n) is 2.72. The van der Waals surface area contributed by atoms with Crippen molar-refractivity contribution in [3.05, 3.63) is 42.5 Å².